The van der Waals surface area contributed by atoms with Gasteiger partial charge in [0.1, 0.15) is 0 Å². The first-order valence-corrected chi connectivity index (χ1v) is 11.8. The van der Waals surface area contributed by atoms with Crippen molar-refractivity contribution < 1.29 is 8.42 Å². The van der Waals surface area contributed by atoms with Gasteiger partial charge in [-0.05, 0) is 31.1 Å². The molecule has 1 atom stereocenters. The van der Waals surface area contributed by atoms with Crippen LogP contribution in [-0.2, 0) is 10.0 Å². The van der Waals surface area contributed by atoms with Crippen LogP contribution in [0.4, 0.5) is 0 Å². The molecule has 2 N–H and O–H groups in total. The summed E-state index contributed by atoms with van der Waals surface area (Å²) in [6, 6.07) is 8.02. The van der Waals surface area contributed by atoms with Gasteiger partial charge in [0, 0.05) is 38.2 Å². The molecule has 29 heavy (non-hydrogen) atoms. The van der Waals surface area contributed by atoms with Gasteiger partial charge in [-0.25, -0.2) is 12.7 Å². The van der Waals surface area contributed by atoms with Crippen LogP contribution in [-0.4, -0.2) is 75.7 Å². The number of likely N-dealkylation sites (N-methyl/N-ethyl adjacent to an activating group) is 1. The van der Waals surface area contributed by atoms with Crippen molar-refractivity contribution in [2.24, 2.45) is 4.99 Å². The van der Waals surface area contributed by atoms with E-state index in [0.717, 1.165) is 23.7 Å². The van der Waals surface area contributed by atoms with Gasteiger partial charge in [0.2, 0.25) is 10.0 Å². The number of rotatable bonds is 9. The molecule has 1 heterocycles. The van der Waals surface area contributed by atoms with Crippen LogP contribution >= 0.6 is 35.6 Å². The van der Waals surface area contributed by atoms with Gasteiger partial charge < -0.3 is 10.6 Å². The van der Waals surface area contributed by atoms with Gasteiger partial charge in [-0.1, -0.05) is 43.6 Å². The second-order valence-electron chi connectivity index (χ2n) is 6.71. The fourth-order valence-electron chi connectivity index (χ4n) is 3.50. The molecule has 2 rings (SSSR count). The summed E-state index contributed by atoms with van der Waals surface area (Å²) in [5, 5.41) is 7.33. The molecule has 0 radical (unpaired) electrons. The molecular weight excluding hydrogens is 525 g/mol. The van der Waals surface area contributed by atoms with Gasteiger partial charge in [-0.15, -0.1) is 24.0 Å². The number of nitrogens with zero attached hydrogens (tertiary/aromatic N) is 3. The molecular formula is C19H33ClIN5O2S. The Kier molecular flexibility index (Phi) is 11.8. The van der Waals surface area contributed by atoms with E-state index < -0.39 is 10.0 Å². The Hall–Kier alpha value is -0.620. The lowest BCUT2D eigenvalue weighted by Gasteiger charge is -2.31. The molecule has 0 bridgehead atoms. The molecule has 1 unspecified atom stereocenters. The van der Waals surface area contributed by atoms with Gasteiger partial charge in [0.15, 0.2) is 5.96 Å². The van der Waals surface area contributed by atoms with Crippen LogP contribution in [0.25, 0.3) is 0 Å². The molecule has 1 saturated heterocycles. The molecule has 1 aromatic carbocycles. The maximum Gasteiger partial charge on any atom is 0.214 e. The van der Waals surface area contributed by atoms with Crippen LogP contribution in [0.3, 0.4) is 0 Å². The summed E-state index contributed by atoms with van der Waals surface area (Å²) in [6.07, 6.45) is 0.707. The minimum atomic E-state index is -3.06. The Bertz CT molecular complexity index is 759. The number of hydrogen-bond acceptors (Lipinski definition) is 4. The Morgan fingerprint density at radius 1 is 1.28 bits per heavy atom. The molecule has 0 saturated carbocycles. The third kappa shape index (κ3) is 7.54. The Labute approximate surface area is 197 Å². The van der Waals surface area contributed by atoms with Crippen molar-refractivity contribution in [1.29, 1.82) is 0 Å². The molecule has 166 valence electrons. The molecule has 0 aromatic heterocycles. The van der Waals surface area contributed by atoms with Crippen LogP contribution < -0.4 is 10.6 Å². The molecule has 1 fully saturated rings. The van der Waals surface area contributed by atoms with E-state index in [1.807, 2.05) is 18.2 Å². The lowest BCUT2D eigenvalue weighted by atomic mass is 10.0. The Morgan fingerprint density at radius 2 is 1.97 bits per heavy atom. The summed E-state index contributed by atoms with van der Waals surface area (Å²) < 4.78 is 25.3. The van der Waals surface area contributed by atoms with Crippen LogP contribution in [0.5, 0.6) is 0 Å². The molecule has 1 aromatic rings. The smallest absolute Gasteiger partial charge is 0.214 e. The minimum Gasteiger partial charge on any atom is -0.355 e. The molecule has 7 nitrogen and oxygen atoms in total. The average Bonchev–Trinajstić information content (AvgIpc) is 3.02. The van der Waals surface area contributed by atoms with Crippen molar-refractivity contribution in [2.45, 2.75) is 26.3 Å². The number of nitrogens with one attached hydrogen (secondary N) is 2. The van der Waals surface area contributed by atoms with Crippen molar-refractivity contribution in [2.75, 3.05) is 52.1 Å². The summed E-state index contributed by atoms with van der Waals surface area (Å²) in [5.41, 5.74) is 1.08. The van der Waals surface area contributed by atoms with E-state index in [9.17, 15) is 8.42 Å². The predicted molar refractivity (Wildman–Crippen MR) is 132 cm³/mol. The molecule has 10 heteroatoms. The fraction of sp³-hybridized carbons (Fsp3) is 0.632. The number of benzene rings is 1. The first-order chi connectivity index (χ1) is 13.4. The van der Waals surface area contributed by atoms with Crippen molar-refractivity contribution in [3.05, 3.63) is 34.9 Å². The largest absolute Gasteiger partial charge is 0.355 e. The van der Waals surface area contributed by atoms with Crippen molar-refractivity contribution in [3.8, 4) is 0 Å². The highest BCUT2D eigenvalue weighted by molar-refractivity contribution is 14.0. The van der Waals surface area contributed by atoms with Crippen molar-refractivity contribution >= 4 is 51.6 Å². The molecule has 0 amide bonds. The van der Waals surface area contributed by atoms with Gasteiger partial charge in [-0.3, -0.25) is 9.89 Å². The Morgan fingerprint density at radius 3 is 2.52 bits per heavy atom. The summed E-state index contributed by atoms with van der Waals surface area (Å²) >= 11 is 6.45. The summed E-state index contributed by atoms with van der Waals surface area (Å²) in [7, 11) is -1.35. The number of sulfonamides is 1. The third-order valence-corrected chi connectivity index (χ3v) is 7.36. The maximum absolute atomic E-state index is 11.9. The monoisotopic (exact) mass is 557 g/mol. The highest BCUT2D eigenvalue weighted by Gasteiger charge is 2.27. The molecule has 0 spiro atoms. The maximum atomic E-state index is 11.9. The molecule has 1 aliphatic rings. The van der Waals surface area contributed by atoms with Gasteiger partial charge >= 0.3 is 0 Å². The van der Waals surface area contributed by atoms with Crippen molar-refractivity contribution in [1.82, 2.24) is 19.8 Å². The van der Waals surface area contributed by atoms with E-state index in [2.05, 4.69) is 40.4 Å². The SMILES string of the molecule is CCN(CC)C(CNC(=NC)NCCN1CCCS1(=O)=O)c1ccccc1Cl.I. The fourth-order valence-corrected chi connectivity index (χ4v) is 5.29. The minimum absolute atomic E-state index is 0. The van der Waals surface area contributed by atoms with Gasteiger partial charge in [-0.2, -0.15) is 0 Å². The second kappa shape index (κ2) is 12.9. The van der Waals surface area contributed by atoms with Gasteiger partial charge in [0.25, 0.3) is 0 Å². The standard InChI is InChI=1S/C19H32ClN5O2S.HI/c1-4-24(5-2)18(16-9-6-7-10-17(16)20)15-23-19(21-3)22-11-13-25-12-8-14-28(25,26)27;/h6-7,9-10,18H,4-5,8,11-15H2,1-3H3,(H2,21,22,23);1H. The lowest BCUT2D eigenvalue weighted by Crippen LogP contribution is -2.45. The summed E-state index contributed by atoms with van der Waals surface area (Å²) in [6.45, 7) is 8.31. The summed E-state index contributed by atoms with van der Waals surface area (Å²) in [5.74, 6) is 0.907. The molecule has 1 aliphatic heterocycles. The lowest BCUT2D eigenvalue weighted by molar-refractivity contribution is 0.219. The predicted octanol–water partition coefficient (Wildman–Crippen LogP) is 2.54. The third-order valence-electron chi connectivity index (χ3n) is 5.06. The van der Waals surface area contributed by atoms with E-state index in [1.165, 1.54) is 4.31 Å². The zero-order chi connectivity index (χ0) is 20.6. The van der Waals surface area contributed by atoms with E-state index in [1.54, 1.807) is 7.05 Å². The van der Waals surface area contributed by atoms with E-state index in [4.69, 9.17) is 11.6 Å². The zero-order valence-corrected chi connectivity index (χ0v) is 21.3. The number of aliphatic imine (C=N–C) groups is 1. The van der Waals surface area contributed by atoms with E-state index in [0.29, 0.717) is 38.6 Å². The number of hydrogen-bond donors (Lipinski definition) is 2. The average molecular weight is 558 g/mol. The quantitative estimate of drug-likeness (QED) is 0.277. The topological polar surface area (TPSA) is 77.0 Å². The second-order valence-corrected chi connectivity index (χ2v) is 9.20. The van der Waals surface area contributed by atoms with Crippen LogP contribution in [0.2, 0.25) is 5.02 Å². The van der Waals surface area contributed by atoms with Crippen LogP contribution in [0.1, 0.15) is 31.9 Å². The highest BCUT2D eigenvalue weighted by Crippen LogP contribution is 2.26. The highest BCUT2D eigenvalue weighted by atomic mass is 127. The molecule has 0 aliphatic carbocycles. The number of halogens is 2. The van der Waals surface area contributed by atoms with Crippen LogP contribution in [0.15, 0.2) is 29.3 Å². The zero-order valence-electron chi connectivity index (χ0n) is 17.4. The first-order valence-electron chi connectivity index (χ1n) is 9.83. The number of guanidine groups is 1. The first kappa shape index (κ1) is 26.4. The van der Waals surface area contributed by atoms with E-state index >= 15 is 0 Å². The van der Waals surface area contributed by atoms with Crippen LogP contribution in [0, 0.1) is 0 Å². The normalized spacial score (nSPS) is 17.8. The van der Waals surface area contributed by atoms with Gasteiger partial charge in [0.05, 0.1) is 11.8 Å². The Balaban J connectivity index is 0.00000420. The van der Waals surface area contributed by atoms with E-state index in [-0.39, 0.29) is 35.8 Å². The van der Waals surface area contributed by atoms with Crippen molar-refractivity contribution in [3.63, 3.8) is 0 Å². The summed E-state index contributed by atoms with van der Waals surface area (Å²) in [4.78, 5) is 6.61.